The predicted molar refractivity (Wildman–Crippen MR) is 102 cm³/mol. The molecule has 0 radical (unpaired) electrons. The molecule has 0 aromatic heterocycles. The Hall–Kier alpha value is -0.303. The molecule has 2 nitrogen and oxygen atoms in total. The highest BCUT2D eigenvalue weighted by molar-refractivity contribution is 6.74. The van der Waals surface area contributed by atoms with Crippen LogP contribution in [-0.2, 0) is 9.16 Å². The number of rotatable bonds is 10. The summed E-state index contributed by atoms with van der Waals surface area (Å²) < 4.78 is 11.7. The van der Waals surface area contributed by atoms with Crippen molar-refractivity contribution >= 4 is 8.32 Å². The Morgan fingerprint density at radius 3 is 2.09 bits per heavy atom. The molecule has 134 valence electrons. The summed E-state index contributed by atoms with van der Waals surface area (Å²) in [6.07, 6.45) is 10.4. The SMILES string of the molecule is CC[C@@H]1O[C@@H]1CCCCC#CCCCCO[Si](C)(C)C(C)(C)C. The molecule has 1 heterocycles. The third kappa shape index (κ3) is 8.38. The second-order valence-corrected chi connectivity index (χ2v) is 13.1. The first kappa shape index (κ1) is 20.7. The number of epoxide rings is 1. The molecule has 0 spiro atoms. The summed E-state index contributed by atoms with van der Waals surface area (Å²) in [4.78, 5) is 0. The van der Waals surface area contributed by atoms with E-state index < -0.39 is 8.32 Å². The maximum atomic E-state index is 6.18. The number of hydrogen-bond acceptors (Lipinski definition) is 2. The van der Waals surface area contributed by atoms with Gasteiger partial charge in [-0.1, -0.05) is 27.7 Å². The molecule has 23 heavy (non-hydrogen) atoms. The van der Waals surface area contributed by atoms with Crippen molar-refractivity contribution in [2.75, 3.05) is 6.61 Å². The first-order valence-electron chi connectivity index (χ1n) is 9.53. The van der Waals surface area contributed by atoms with Crippen molar-refractivity contribution in [1.82, 2.24) is 0 Å². The van der Waals surface area contributed by atoms with Crippen molar-refractivity contribution in [2.24, 2.45) is 0 Å². The maximum absolute atomic E-state index is 6.18. The van der Waals surface area contributed by atoms with Gasteiger partial charge in [0, 0.05) is 19.4 Å². The maximum Gasteiger partial charge on any atom is 0.191 e. The number of ether oxygens (including phenoxy) is 1. The van der Waals surface area contributed by atoms with Crippen molar-refractivity contribution in [2.45, 2.75) is 109 Å². The molecule has 1 fully saturated rings. The van der Waals surface area contributed by atoms with E-state index in [1.54, 1.807) is 0 Å². The Kier molecular flexibility index (Phi) is 8.89. The van der Waals surface area contributed by atoms with Gasteiger partial charge < -0.3 is 9.16 Å². The van der Waals surface area contributed by atoms with Crippen molar-refractivity contribution < 1.29 is 9.16 Å². The van der Waals surface area contributed by atoms with E-state index in [9.17, 15) is 0 Å². The average Bonchev–Trinajstić information content (AvgIpc) is 3.22. The van der Waals surface area contributed by atoms with Crippen molar-refractivity contribution in [3.05, 3.63) is 0 Å². The lowest BCUT2D eigenvalue weighted by atomic mass is 10.1. The van der Waals surface area contributed by atoms with E-state index >= 15 is 0 Å². The normalized spacial score (nSPS) is 21.0. The second kappa shape index (κ2) is 9.86. The van der Waals surface area contributed by atoms with Crippen molar-refractivity contribution in [3.63, 3.8) is 0 Å². The summed E-state index contributed by atoms with van der Waals surface area (Å²) in [7, 11) is -1.55. The summed E-state index contributed by atoms with van der Waals surface area (Å²) in [5.74, 6) is 6.62. The second-order valence-electron chi connectivity index (χ2n) is 8.29. The standard InChI is InChI=1S/C20H38O2Si/c1-7-18-19(22-18)16-14-12-10-8-9-11-13-15-17-21-23(5,6)20(2,3)4/h18-19H,7,10-17H2,1-6H3/t18-,19+/m0/s1. The van der Waals surface area contributed by atoms with Gasteiger partial charge in [-0.15, -0.1) is 11.8 Å². The Bertz CT molecular complexity index is 387. The fourth-order valence-electron chi connectivity index (χ4n) is 2.39. The van der Waals surface area contributed by atoms with Gasteiger partial charge in [0.2, 0.25) is 0 Å². The van der Waals surface area contributed by atoms with Crippen LogP contribution >= 0.6 is 0 Å². The van der Waals surface area contributed by atoms with Gasteiger partial charge in [0.1, 0.15) is 0 Å². The zero-order chi connectivity index (χ0) is 17.3. The third-order valence-corrected chi connectivity index (χ3v) is 9.76. The molecule has 1 saturated heterocycles. The molecular formula is C20H38O2Si. The Morgan fingerprint density at radius 2 is 1.57 bits per heavy atom. The molecule has 0 bridgehead atoms. The van der Waals surface area contributed by atoms with Crippen LogP contribution < -0.4 is 0 Å². The minimum atomic E-state index is -1.55. The van der Waals surface area contributed by atoms with E-state index in [-0.39, 0.29) is 0 Å². The van der Waals surface area contributed by atoms with Crippen LogP contribution in [0, 0.1) is 11.8 Å². The molecule has 0 aliphatic carbocycles. The third-order valence-electron chi connectivity index (χ3n) is 5.22. The molecule has 0 aromatic carbocycles. The van der Waals surface area contributed by atoms with Crippen LogP contribution in [0.1, 0.15) is 79.1 Å². The molecule has 1 rings (SSSR count). The lowest BCUT2D eigenvalue weighted by Crippen LogP contribution is -2.40. The largest absolute Gasteiger partial charge is 0.417 e. The van der Waals surface area contributed by atoms with Gasteiger partial charge in [-0.3, -0.25) is 0 Å². The molecule has 1 aliphatic heterocycles. The van der Waals surface area contributed by atoms with Crippen molar-refractivity contribution in [1.29, 1.82) is 0 Å². The molecular weight excluding hydrogens is 300 g/mol. The lowest BCUT2D eigenvalue weighted by Gasteiger charge is -2.36. The van der Waals surface area contributed by atoms with Crippen LogP contribution in [0.5, 0.6) is 0 Å². The van der Waals surface area contributed by atoms with E-state index in [1.165, 1.54) is 25.7 Å². The Balaban J connectivity index is 1.91. The fourth-order valence-corrected chi connectivity index (χ4v) is 3.47. The molecule has 2 atom stereocenters. The first-order chi connectivity index (χ1) is 10.8. The quantitative estimate of drug-likeness (QED) is 0.213. The minimum absolute atomic E-state index is 0.315. The molecule has 1 aliphatic rings. The minimum Gasteiger partial charge on any atom is -0.417 e. The molecule has 0 aromatic rings. The smallest absolute Gasteiger partial charge is 0.191 e. The summed E-state index contributed by atoms with van der Waals surface area (Å²) in [6, 6.07) is 0. The van der Waals surface area contributed by atoms with Gasteiger partial charge in [0.05, 0.1) is 12.2 Å². The van der Waals surface area contributed by atoms with E-state index in [2.05, 4.69) is 52.6 Å². The molecule has 0 N–H and O–H groups in total. The van der Waals surface area contributed by atoms with Crippen molar-refractivity contribution in [3.8, 4) is 11.8 Å². The fraction of sp³-hybridized carbons (Fsp3) is 0.900. The summed E-state index contributed by atoms with van der Waals surface area (Å²) in [5.41, 5.74) is 0. The topological polar surface area (TPSA) is 21.8 Å². The predicted octanol–water partition coefficient (Wildman–Crippen LogP) is 5.92. The average molecular weight is 339 g/mol. The molecule has 3 heteroatoms. The highest BCUT2D eigenvalue weighted by atomic mass is 28.4. The van der Waals surface area contributed by atoms with Crippen LogP contribution in [0.4, 0.5) is 0 Å². The molecule has 0 saturated carbocycles. The molecule has 0 amide bonds. The van der Waals surface area contributed by atoms with Gasteiger partial charge >= 0.3 is 0 Å². The monoisotopic (exact) mass is 338 g/mol. The van der Waals surface area contributed by atoms with E-state index in [1.807, 2.05) is 0 Å². The van der Waals surface area contributed by atoms with E-state index in [0.717, 1.165) is 32.3 Å². The summed E-state index contributed by atoms with van der Waals surface area (Å²) in [6.45, 7) is 14.6. The van der Waals surface area contributed by atoms with Gasteiger partial charge in [-0.25, -0.2) is 0 Å². The molecule has 0 unspecified atom stereocenters. The van der Waals surface area contributed by atoms with E-state index in [0.29, 0.717) is 17.2 Å². The Labute approximate surface area is 145 Å². The van der Waals surface area contributed by atoms with Gasteiger partial charge in [0.15, 0.2) is 8.32 Å². The van der Waals surface area contributed by atoms with Crippen LogP contribution in [0.15, 0.2) is 0 Å². The first-order valence-corrected chi connectivity index (χ1v) is 12.4. The van der Waals surface area contributed by atoms with Crippen LogP contribution in [-0.4, -0.2) is 27.1 Å². The van der Waals surface area contributed by atoms with Gasteiger partial charge in [-0.2, -0.15) is 0 Å². The summed E-state index contributed by atoms with van der Waals surface area (Å²) in [5, 5.41) is 0.315. The van der Waals surface area contributed by atoms with Gasteiger partial charge in [-0.05, 0) is 56.7 Å². The number of hydrogen-bond donors (Lipinski definition) is 0. The Morgan fingerprint density at radius 1 is 0.957 bits per heavy atom. The highest BCUT2D eigenvalue weighted by Crippen LogP contribution is 2.36. The van der Waals surface area contributed by atoms with E-state index in [4.69, 9.17) is 9.16 Å². The lowest BCUT2D eigenvalue weighted by molar-refractivity contribution is 0.280. The van der Waals surface area contributed by atoms with Crippen LogP contribution in [0.3, 0.4) is 0 Å². The van der Waals surface area contributed by atoms with Crippen LogP contribution in [0.25, 0.3) is 0 Å². The van der Waals surface area contributed by atoms with Gasteiger partial charge in [0.25, 0.3) is 0 Å². The number of unbranched alkanes of at least 4 members (excludes halogenated alkanes) is 4. The summed E-state index contributed by atoms with van der Waals surface area (Å²) >= 11 is 0. The zero-order valence-electron chi connectivity index (χ0n) is 16.3. The zero-order valence-corrected chi connectivity index (χ0v) is 17.3. The van der Waals surface area contributed by atoms with Crippen LogP contribution in [0.2, 0.25) is 18.1 Å². The highest BCUT2D eigenvalue weighted by Gasteiger charge is 2.37.